The predicted molar refractivity (Wildman–Crippen MR) is 126 cm³/mol. The molecule has 1 unspecified atom stereocenters. The molecule has 1 aliphatic heterocycles. The summed E-state index contributed by atoms with van der Waals surface area (Å²) in [4.78, 5) is 26.6. The molecule has 1 saturated heterocycles. The number of amides is 2. The Hall–Kier alpha value is -4.34. The molecule has 4 aromatic rings. The Morgan fingerprint density at radius 3 is 2.77 bits per heavy atom. The summed E-state index contributed by atoms with van der Waals surface area (Å²) in [5, 5.41) is 15.3. The summed E-state index contributed by atoms with van der Waals surface area (Å²) in [5.74, 6) is -0.344. The molecule has 0 saturated carbocycles. The molecule has 5 rings (SSSR count). The molecule has 1 aliphatic rings. The van der Waals surface area contributed by atoms with Gasteiger partial charge in [-0.2, -0.15) is 4.52 Å². The number of hydrogen-bond donors (Lipinski definition) is 1. The first-order valence-corrected chi connectivity index (χ1v) is 11.2. The van der Waals surface area contributed by atoms with Gasteiger partial charge >= 0.3 is 0 Å². The molecular weight excluding hydrogens is 451 g/mol. The molecular formula is C25H23FN6O3. The van der Waals surface area contributed by atoms with Crippen LogP contribution in [0.1, 0.15) is 12.0 Å². The van der Waals surface area contributed by atoms with Gasteiger partial charge in [0.15, 0.2) is 11.5 Å². The molecule has 1 fully saturated rings. The van der Waals surface area contributed by atoms with E-state index in [1.54, 1.807) is 29.2 Å². The normalized spacial score (nSPS) is 15.5. The number of hydrogen-bond acceptors (Lipinski definition) is 6. The van der Waals surface area contributed by atoms with E-state index in [0.29, 0.717) is 29.5 Å². The minimum absolute atomic E-state index is 0.0641. The van der Waals surface area contributed by atoms with E-state index in [9.17, 15) is 14.0 Å². The topological polar surface area (TPSA) is 102 Å². The zero-order valence-electron chi connectivity index (χ0n) is 19.0. The fourth-order valence-electron chi connectivity index (χ4n) is 3.99. The van der Waals surface area contributed by atoms with E-state index in [-0.39, 0.29) is 37.2 Å². The molecule has 0 bridgehead atoms. The standard InChI is InChI=1S/C25H23FN6O3/c1-16-5-7-20(8-6-16)31-15-18(14-23(31)33)25(34)27-11-12-35-22-10-9-21-28-29-24(32(21)30-22)17-3-2-4-19(26)13-17/h2-10,13,18H,11-12,14-15H2,1H3,(H,27,34). The van der Waals surface area contributed by atoms with Crippen molar-refractivity contribution in [1.29, 1.82) is 0 Å². The monoisotopic (exact) mass is 474 g/mol. The Morgan fingerprint density at radius 1 is 1.14 bits per heavy atom. The van der Waals surface area contributed by atoms with Crippen molar-refractivity contribution in [2.75, 3.05) is 24.6 Å². The number of benzene rings is 2. The van der Waals surface area contributed by atoms with E-state index in [1.165, 1.54) is 16.6 Å². The van der Waals surface area contributed by atoms with Crippen LogP contribution < -0.4 is 15.0 Å². The van der Waals surface area contributed by atoms with Crippen molar-refractivity contribution in [3.8, 4) is 17.3 Å². The fourth-order valence-corrected chi connectivity index (χ4v) is 3.99. The van der Waals surface area contributed by atoms with Gasteiger partial charge in [0, 0.05) is 30.3 Å². The number of rotatable bonds is 7. The third-order valence-corrected chi connectivity index (χ3v) is 5.81. The first kappa shape index (κ1) is 22.5. The van der Waals surface area contributed by atoms with Crippen LogP contribution in [0.5, 0.6) is 5.88 Å². The van der Waals surface area contributed by atoms with Crippen molar-refractivity contribution in [3.63, 3.8) is 0 Å². The van der Waals surface area contributed by atoms with Gasteiger partial charge in [0.05, 0.1) is 12.5 Å². The van der Waals surface area contributed by atoms with Gasteiger partial charge in [0.1, 0.15) is 12.4 Å². The molecule has 0 radical (unpaired) electrons. The number of anilines is 1. The number of ether oxygens (including phenoxy) is 1. The third kappa shape index (κ3) is 4.81. The number of nitrogens with one attached hydrogen (secondary N) is 1. The highest BCUT2D eigenvalue weighted by Crippen LogP contribution is 2.25. The second-order valence-corrected chi connectivity index (χ2v) is 8.36. The predicted octanol–water partition coefficient (Wildman–Crippen LogP) is 2.79. The highest BCUT2D eigenvalue weighted by Gasteiger charge is 2.34. The summed E-state index contributed by atoms with van der Waals surface area (Å²) in [6.07, 6.45) is 0.176. The number of aryl methyl sites for hydroxylation is 1. The van der Waals surface area contributed by atoms with Crippen LogP contribution in [0, 0.1) is 18.7 Å². The van der Waals surface area contributed by atoms with Crippen LogP contribution in [0.25, 0.3) is 17.0 Å². The molecule has 9 nitrogen and oxygen atoms in total. The van der Waals surface area contributed by atoms with Crippen LogP contribution in [0.3, 0.4) is 0 Å². The summed E-state index contributed by atoms with van der Waals surface area (Å²) in [6, 6.07) is 17.0. The summed E-state index contributed by atoms with van der Waals surface area (Å²) >= 11 is 0. The Balaban J connectivity index is 1.16. The average molecular weight is 474 g/mol. The van der Waals surface area contributed by atoms with Crippen LogP contribution in [-0.2, 0) is 9.59 Å². The molecule has 2 amide bonds. The summed E-state index contributed by atoms with van der Waals surface area (Å²) in [7, 11) is 0. The first-order chi connectivity index (χ1) is 17.0. The zero-order valence-corrected chi connectivity index (χ0v) is 19.0. The number of nitrogens with zero attached hydrogens (tertiary/aromatic N) is 5. The van der Waals surface area contributed by atoms with Gasteiger partial charge in [-0.05, 0) is 37.3 Å². The maximum atomic E-state index is 13.6. The summed E-state index contributed by atoms with van der Waals surface area (Å²) in [6.45, 7) is 2.77. The van der Waals surface area contributed by atoms with E-state index in [1.807, 2.05) is 31.2 Å². The highest BCUT2D eigenvalue weighted by molar-refractivity contribution is 6.00. The van der Waals surface area contributed by atoms with Crippen LogP contribution in [0.4, 0.5) is 10.1 Å². The van der Waals surface area contributed by atoms with Gasteiger partial charge in [0.25, 0.3) is 0 Å². The Morgan fingerprint density at radius 2 is 1.97 bits per heavy atom. The van der Waals surface area contributed by atoms with Crippen LogP contribution >= 0.6 is 0 Å². The maximum absolute atomic E-state index is 13.6. The van der Waals surface area contributed by atoms with Crippen molar-refractivity contribution in [3.05, 3.63) is 72.0 Å². The number of halogens is 1. The number of fused-ring (bicyclic) bond motifs is 1. The summed E-state index contributed by atoms with van der Waals surface area (Å²) < 4.78 is 20.8. The first-order valence-electron chi connectivity index (χ1n) is 11.2. The number of carbonyl (C=O) groups excluding carboxylic acids is 2. The summed E-state index contributed by atoms with van der Waals surface area (Å²) in [5.41, 5.74) is 2.94. The SMILES string of the molecule is Cc1ccc(N2CC(C(=O)NCCOc3ccc4nnc(-c5cccc(F)c5)n4n3)CC2=O)cc1. The quantitative estimate of drug-likeness (QED) is 0.414. The van der Waals surface area contributed by atoms with E-state index < -0.39 is 5.92 Å². The van der Waals surface area contributed by atoms with Gasteiger partial charge in [-0.15, -0.1) is 15.3 Å². The van der Waals surface area contributed by atoms with Gasteiger partial charge in [-0.3, -0.25) is 9.59 Å². The van der Waals surface area contributed by atoms with Crippen LogP contribution in [0.2, 0.25) is 0 Å². The largest absolute Gasteiger partial charge is 0.475 e. The second kappa shape index (κ2) is 9.49. The minimum Gasteiger partial charge on any atom is -0.475 e. The Labute approximate surface area is 200 Å². The van der Waals surface area contributed by atoms with Crippen LogP contribution in [0.15, 0.2) is 60.7 Å². The van der Waals surface area contributed by atoms with E-state index in [2.05, 4.69) is 20.6 Å². The molecule has 3 heterocycles. The van der Waals surface area contributed by atoms with Gasteiger partial charge in [-0.25, -0.2) is 4.39 Å². The second-order valence-electron chi connectivity index (χ2n) is 8.36. The molecule has 10 heteroatoms. The highest BCUT2D eigenvalue weighted by atomic mass is 19.1. The smallest absolute Gasteiger partial charge is 0.231 e. The third-order valence-electron chi connectivity index (χ3n) is 5.81. The van der Waals surface area contributed by atoms with Gasteiger partial charge in [0.2, 0.25) is 17.7 Å². The average Bonchev–Trinajstić information content (AvgIpc) is 3.45. The molecule has 178 valence electrons. The van der Waals surface area contributed by atoms with E-state index in [4.69, 9.17) is 4.74 Å². The van der Waals surface area contributed by atoms with Crippen molar-refractivity contribution < 1.29 is 18.7 Å². The minimum atomic E-state index is -0.413. The van der Waals surface area contributed by atoms with Gasteiger partial charge < -0.3 is 15.0 Å². The molecule has 0 spiro atoms. The zero-order chi connectivity index (χ0) is 24.4. The van der Waals surface area contributed by atoms with Crippen molar-refractivity contribution in [2.24, 2.45) is 5.92 Å². The fraction of sp³-hybridized carbons (Fsp3) is 0.240. The molecule has 2 aromatic heterocycles. The van der Waals surface area contributed by atoms with Gasteiger partial charge in [-0.1, -0.05) is 29.8 Å². The van der Waals surface area contributed by atoms with Crippen molar-refractivity contribution >= 4 is 23.1 Å². The Bertz CT molecular complexity index is 1390. The number of aromatic nitrogens is 4. The Kier molecular flexibility index (Phi) is 6.09. The lowest BCUT2D eigenvalue weighted by molar-refractivity contribution is -0.126. The lowest BCUT2D eigenvalue weighted by Gasteiger charge is -2.17. The molecule has 2 aromatic carbocycles. The van der Waals surface area contributed by atoms with E-state index >= 15 is 0 Å². The lowest BCUT2D eigenvalue weighted by atomic mass is 10.1. The lowest BCUT2D eigenvalue weighted by Crippen LogP contribution is -2.35. The number of carbonyl (C=O) groups is 2. The molecule has 1 atom stereocenters. The van der Waals surface area contributed by atoms with Crippen molar-refractivity contribution in [2.45, 2.75) is 13.3 Å². The van der Waals surface area contributed by atoms with Crippen LogP contribution in [-0.4, -0.2) is 51.3 Å². The molecule has 0 aliphatic carbocycles. The van der Waals surface area contributed by atoms with Crippen molar-refractivity contribution in [1.82, 2.24) is 25.1 Å². The molecule has 1 N–H and O–H groups in total. The molecule has 35 heavy (non-hydrogen) atoms. The maximum Gasteiger partial charge on any atom is 0.231 e. The van der Waals surface area contributed by atoms with E-state index in [0.717, 1.165) is 11.3 Å².